The van der Waals surface area contributed by atoms with Crippen LogP contribution in [0.25, 0.3) is 0 Å². The topological polar surface area (TPSA) is 71.0 Å². The molecule has 1 fully saturated rings. The highest BCUT2D eigenvalue weighted by molar-refractivity contribution is 14.0. The van der Waals surface area contributed by atoms with E-state index in [2.05, 4.69) is 37.6 Å². The second-order valence-corrected chi connectivity index (χ2v) is 7.01. The minimum Gasteiger partial charge on any atom is -0.497 e. The van der Waals surface area contributed by atoms with Crippen molar-refractivity contribution in [1.82, 2.24) is 20.5 Å². The summed E-state index contributed by atoms with van der Waals surface area (Å²) in [5, 5.41) is 6.84. The summed E-state index contributed by atoms with van der Waals surface area (Å²) in [5.41, 5.74) is 2.27. The van der Waals surface area contributed by atoms with Gasteiger partial charge in [0, 0.05) is 31.9 Å². The zero-order valence-corrected chi connectivity index (χ0v) is 20.3. The van der Waals surface area contributed by atoms with Crippen molar-refractivity contribution >= 4 is 29.9 Å². The van der Waals surface area contributed by atoms with E-state index in [1.165, 1.54) is 18.4 Å². The standard InChI is InChI=1S/C22H31N5O2.HI/c1-23-22(25-15-18-7-6-12-24-21(18)29-3)26-16-20(27-13-4-5-14-27)17-8-10-19(28-2)11-9-17;/h6-12,20H,4-5,13-16H2,1-3H3,(H2,23,25,26);1H. The predicted octanol–water partition coefficient (Wildman–Crippen LogP) is 3.22. The SMILES string of the molecule is CN=C(NCc1cccnc1OC)NCC(c1ccc(OC)cc1)N1CCCC1.I. The van der Waals surface area contributed by atoms with Gasteiger partial charge in [0.1, 0.15) is 5.75 Å². The lowest BCUT2D eigenvalue weighted by Crippen LogP contribution is -2.42. The normalized spacial score (nSPS) is 15.2. The minimum atomic E-state index is 0. The van der Waals surface area contributed by atoms with Crippen molar-refractivity contribution in [2.24, 2.45) is 4.99 Å². The van der Waals surface area contributed by atoms with Gasteiger partial charge in [-0.2, -0.15) is 0 Å². The van der Waals surface area contributed by atoms with E-state index in [0.29, 0.717) is 12.4 Å². The van der Waals surface area contributed by atoms with Gasteiger partial charge in [-0.25, -0.2) is 4.98 Å². The molecule has 1 atom stereocenters. The van der Waals surface area contributed by atoms with Crippen molar-refractivity contribution in [2.45, 2.75) is 25.4 Å². The molecule has 2 aromatic rings. The first-order valence-corrected chi connectivity index (χ1v) is 10.1. The average Bonchev–Trinajstić information content (AvgIpc) is 3.31. The van der Waals surface area contributed by atoms with Gasteiger partial charge in [-0.1, -0.05) is 18.2 Å². The smallest absolute Gasteiger partial charge is 0.218 e. The van der Waals surface area contributed by atoms with Gasteiger partial charge in [-0.3, -0.25) is 9.89 Å². The van der Waals surface area contributed by atoms with Gasteiger partial charge >= 0.3 is 0 Å². The van der Waals surface area contributed by atoms with Crippen LogP contribution in [-0.4, -0.2) is 56.7 Å². The lowest BCUT2D eigenvalue weighted by Gasteiger charge is -2.29. The van der Waals surface area contributed by atoms with Crippen LogP contribution >= 0.6 is 24.0 Å². The minimum absolute atomic E-state index is 0. The van der Waals surface area contributed by atoms with Crippen molar-refractivity contribution in [3.63, 3.8) is 0 Å². The molecule has 1 unspecified atom stereocenters. The molecule has 1 aromatic heterocycles. The molecule has 0 spiro atoms. The summed E-state index contributed by atoms with van der Waals surface area (Å²) in [4.78, 5) is 11.1. The lowest BCUT2D eigenvalue weighted by atomic mass is 10.1. The van der Waals surface area contributed by atoms with Crippen LogP contribution in [0.4, 0.5) is 0 Å². The fraction of sp³-hybridized carbons (Fsp3) is 0.455. The second-order valence-electron chi connectivity index (χ2n) is 7.01. The highest BCUT2D eigenvalue weighted by Gasteiger charge is 2.23. The number of hydrogen-bond acceptors (Lipinski definition) is 5. The highest BCUT2D eigenvalue weighted by atomic mass is 127. The number of halogens is 1. The molecule has 0 aliphatic carbocycles. The predicted molar refractivity (Wildman–Crippen MR) is 131 cm³/mol. The van der Waals surface area contributed by atoms with Gasteiger partial charge < -0.3 is 20.1 Å². The fourth-order valence-electron chi connectivity index (χ4n) is 3.67. The van der Waals surface area contributed by atoms with Gasteiger partial charge in [0.15, 0.2) is 5.96 Å². The molecule has 8 heteroatoms. The number of methoxy groups -OCH3 is 2. The summed E-state index contributed by atoms with van der Waals surface area (Å²) >= 11 is 0. The van der Waals surface area contributed by atoms with Gasteiger partial charge in [0.05, 0.1) is 20.3 Å². The molecule has 30 heavy (non-hydrogen) atoms. The Morgan fingerprint density at radius 1 is 1.10 bits per heavy atom. The van der Waals surface area contributed by atoms with E-state index in [9.17, 15) is 0 Å². The van der Waals surface area contributed by atoms with Crippen LogP contribution in [0.5, 0.6) is 11.6 Å². The maximum Gasteiger partial charge on any atom is 0.218 e. The highest BCUT2D eigenvalue weighted by Crippen LogP contribution is 2.26. The first-order chi connectivity index (χ1) is 14.2. The van der Waals surface area contributed by atoms with Crippen molar-refractivity contribution in [3.05, 3.63) is 53.7 Å². The third kappa shape index (κ3) is 6.46. The lowest BCUT2D eigenvalue weighted by molar-refractivity contribution is 0.245. The number of guanidine groups is 1. The Kier molecular flexibility index (Phi) is 10.2. The Balaban J connectivity index is 0.00000320. The van der Waals surface area contributed by atoms with Crippen LogP contribution in [-0.2, 0) is 6.54 Å². The largest absolute Gasteiger partial charge is 0.497 e. The van der Waals surface area contributed by atoms with Crippen molar-refractivity contribution in [3.8, 4) is 11.6 Å². The van der Waals surface area contributed by atoms with Gasteiger partial charge in [-0.15, -0.1) is 24.0 Å². The second kappa shape index (κ2) is 12.6. The van der Waals surface area contributed by atoms with Gasteiger partial charge in [0.25, 0.3) is 0 Å². The zero-order chi connectivity index (χ0) is 20.5. The Morgan fingerprint density at radius 2 is 1.83 bits per heavy atom. The molecular formula is C22H32IN5O2. The molecule has 1 aliphatic heterocycles. The monoisotopic (exact) mass is 525 g/mol. The van der Waals surface area contributed by atoms with Gasteiger partial charge in [0.2, 0.25) is 5.88 Å². The Bertz CT molecular complexity index is 794. The summed E-state index contributed by atoms with van der Waals surface area (Å²) in [6.07, 6.45) is 4.23. The molecule has 2 N–H and O–H groups in total. The number of pyridine rings is 1. The molecule has 0 radical (unpaired) electrons. The van der Waals surface area contributed by atoms with Crippen LogP contribution in [0.15, 0.2) is 47.6 Å². The Morgan fingerprint density at radius 3 is 2.47 bits per heavy atom. The molecule has 0 amide bonds. The van der Waals surface area contributed by atoms with Crippen LogP contribution in [0, 0.1) is 0 Å². The third-order valence-corrected chi connectivity index (χ3v) is 5.26. The van der Waals surface area contributed by atoms with Crippen LogP contribution in [0.1, 0.15) is 30.0 Å². The molecule has 3 rings (SSSR count). The quantitative estimate of drug-likeness (QED) is 0.314. The fourth-order valence-corrected chi connectivity index (χ4v) is 3.67. The van der Waals surface area contributed by atoms with Crippen molar-refractivity contribution in [1.29, 1.82) is 0 Å². The number of hydrogen-bond donors (Lipinski definition) is 2. The van der Waals surface area contributed by atoms with Crippen LogP contribution in [0.3, 0.4) is 0 Å². The zero-order valence-electron chi connectivity index (χ0n) is 17.9. The van der Waals surface area contributed by atoms with Crippen LogP contribution < -0.4 is 20.1 Å². The van der Waals surface area contributed by atoms with Gasteiger partial charge in [-0.05, 0) is 49.7 Å². The summed E-state index contributed by atoms with van der Waals surface area (Å²) in [6.45, 7) is 3.61. The molecule has 164 valence electrons. The molecule has 0 saturated carbocycles. The number of likely N-dealkylation sites (tertiary alicyclic amines) is 1. The molecule has 1 aliphatic rings. The maximum absolute atomic E-state index is 5.33. The maximum atomic E-state index is 5.33. The van der Waals surface area contributed by atoms with E-state index < -0.39 is 0 Å². The molecule has 2 heterocycles. The third-order valence-electron chi connectivity index (χ3n) is 5.26. The molecule has 1 saturated heterocycles. The molecule has 1 aromatic carbocycles. The summed E-state index contributed by atoms with van der Waals surface area (Å²) in [7, 11) is 5.11. The molecular weight excluding hydrogens is 493 g/mol. The summed E-state index contributed by atoms with van der Waals surface area (Å²) in [5.74, 6) is 2.27. The van der Waals surface area contributed by atoms with Crippen molar-refractivity contribution < 1.29 is 9.47 Å². The first kappa shape index (κ1) is 24.2. The number of ether oxygens (including phenoxy) is 2. The van der Waals surface area contributed by atoms with E-state index >= 15 is 0 Å². The van der Waals surface area contributed by atoms with Crippen LogP contribution in [0.2, 0.25) is 0 Å². The summed E-state index contributed by atoms with van der Waals surface area (Å²) in [6, 6.07) is 12.6. The van der Waals surface area contributed by atoms with E-state index in [-0.39, 0.29) is 30.0 Å². The average molecular weight is 525 g/mol. The Hall–Kier alpha value is -2.07. The van der Waals surface area contributed by atoms with E-state index in [1.807, 2.05) is 24.3 Å². The number of rotatable bonds is 8. The first-order valence-electron chi connectivity index (χ1n) is 10.1. The number of nitrogens with zero attached hydrogens (tertiary/aromatic N) is 3. The van der Waals surface area contributed by atoms with E-state index in [4.69, 9.17) is 9.47 Å². The van der Waals surface area contributed by atoms with E-state index in [1.54, 1.807) is 27.5 Å². The summed E-state index contributed by atoms with van der Waals surface area (Å²) < 4.78 is 10.6. The number of benzene rings is 1. The molecule has 7 nitrogen and oxygen atoms in total. The number of nitrogens with one attached hydrogen (secondary N) is 2. The number of aromatic nitrogens is 1. The number of aliphatic imine (C=N–C) groups is 1. The Labute approximate surface area is 196 Å². The van der Waals surface area contributed by atoms with E-state index in [0.717, 1.165) is 36.9 Å². The molecule has 0 bridgehead atoms. The van der Waals surface area contributed by atoms with Crippen molar-refractivity contribution in [2.75, 3.05) is 40.9 Å².